The summed E-state index contributed by atoms with van der Waals surface area (Å²) in [5, 5.41) is 1.95. The molecular formula is C8H8F3N3O2. The van der Waals surface area contributed by atoms with Crippen molar-refractivity contribution in [2.24, 2.45) is 0 Å². The van der Waals surface area contributed by atoms with Gasteiger partial charge in [-0.1, -0.05) is 0 Å². The molecule has 0 unspecified atom stereocenters. The highest BCUT2D eigenvalue weighted by Crippen LogP contribution is 2.14. The number of methoxy groups -OCH3 is 1. The van der Waals surface area contributed by atoms with Gasteiger partial charge in [0.15, 0.2) is 5.69 Å². The van der Waals surface area contributed by atoms with Crippen molar-refractivity contribution in [3.8, 4) is 0 Å². The lowest BCUT2D eigenvalue weighted by molar-refractivity contribution is -0.115. The molecule has 1 rings (SSSR count). The number of nitrogens with zero attached hydrogens (tertiary/aromatic N) is 2. The summed E-state index contributed by atoms with van der Waals surface area (Å²) in [6.45, 7) is -1.27. The predicted octanol–water partition coefficient (Wildman–Crippen LogP) is 1.24. The van der Waals surface area contributed by atoms with Crippen LogP contribution < -0.4 is 5.32 Å². The van der Waals surface area contributed by atoms with Gasteiger partial charge in [-0.3, -0.25) is 0 Å². The van der Waals surface area contributed by atoms with Crippen molar-refractivity contribution in [1.82, 2.24) is 9.97 Å². The monoisotopic (exact) mass is 235 g/mol. The Morgan fingerprint density at radius 2 is 2.25 bits per heavy atom. The first kappa shape index (κ1) is 12.2. The second kappa shape index (κ2) is 4.77. The summed E-state index contributed by atoms with van der Waals surface area (Å²) in [5.41, 5.74) is -0.109. The van der Waals surface area contributed by atoms with Crippen LogP contribution in [0.5, 0.6) is 0 Å². The second-order valence-electron chi connectivity index (χ2n) is 2.73. The molecule has 0 bridgehead atoms. The summed E-state index contributed by atoms with van der Waals surface area (Å²) in [6, 6.07) is 1.24. The zero-order valence-electron chi connectivity index (χ0n) is 8.21. The van der Waals surface area contributed by atoms with Gasteiger partial charge in [0.2, 0.25) is 5.95 Å². The third-order valence-electron chi connectivity index (χ3n) is 1.50. The van der Waals surface area contributed by atoms with E-state index in [4.69, 9.17) is 0 Å². The van der Waals surface area contributed by atoms with Crippen LogP contribution in [0.4, 0.5) is 19.1 Å². The molecule has 0 aromatic carbocycles. The molecule has 0 aliphatic rings. The largest absolute Gasteiger partial charge is 0.464 e. The molecule has 16 heavy (non-hydrogen) atoms. The second-order valence-corrected chi connectivity index (χ2v) is 2.73. The summed E-state index contributed by atoms with van der Waals surface area (Å²) >= 11 is 0. The number of nitrogens with one attached hydrogen (secondary N) is 1. The Morgan fingerprint density at radius 1 is 1.56 bits per heavy atom. The number of esters is 1. The maximum atomic E-state index is 11.9. The molecule has 0 aliphatic carbocycles. The Bertz CT molecular complexity index is 381. The number of hydrogen-bond acceptors (Lipinski definition) is 5. The van der Waals surface area contributed by atoms with Gasteiger partial charge in [-0.2, -0.15) is 13.2 Å². The Hall–Kier alpha value is -1.86. The van der Waals surface area contributed by atoms with E-state index in [0.717, 1.165) is 13.3 Å². The average Bonchev–Trinajstić information content (AvgIpc) is 2.25. The lowest BCUT2D eigenvalue weighted by atomic mass is 10.4. The lowest BCUT2D eigenvalue weighted by Gasteiger charge is -2.08. The minimum absolute atomic E-state index is 0.109. The van der Waals surface area contributed by atoms with Crippen molar-refractivity contribution in [2.75, 3.05) is 19.0 Å². The fourth-order valence-corrected chi connectivity index (χ4v) is 0.841. The molecule has 0 aliphatic heterocycles. The van der Waals surface area contributed by atoms with Crippen molar-refractivity contribution < 1.29 is 22.7 Å². The molecular weight excluding hydrogens is 227 g/mol. The van der Waals surface area contributed by atoms with Gasteiger partial charge < -0.3 is 10.1 Å². The number of alkyl halides is 3. The highest BCUT2D eigenvalue weighted by molar-refractivity contribution is 5.87. The van der Waals surface area contributed by atoms with Gasteiger partial charge in [-0.25, -0.2) is 14.8 Å². The number of aromatic nitrogens is 2. The molecule has 5 nitrogen and oxygen atoms in total. The number of ether oxygens (including phenoxy) is 1. The summed E-state index contributed by atoms with van der Waals surface area (Å²) in [6.07, 6.45) is -3.21. The fraction of sp³-hybridized carbons (Fsp3) is 0.375. The topological polar surface area (TPSA) is 64.1 Å². The molecule has 0 atom stereocenters. The number of rotatable bonds is 3. The molecule has 0 fully saturated rings. The summed E-state index contributed by atoms with van der Waals surface area (Å²) in [5.74, 6) is -1.02. The van der Waals surface area contributed by atoms with Gasteiger partial charge in [0.25, 0.3) is 0 Å². The number of anilines is 1. The third kappa shape index (κ3) is 3.71. The van der Waals surface area contributed by atoms with Gasteiger partial charge >= 0.3 is 12.1 Å². The SMILES string of the molecule is COC(=O)c1ccnc(NCC(F)(F)F)n1. The smallest absolute Gasteiger partial charge is 0.405 e. The van der Waals surface area contributed by atoms with Gasteiger partial charge in [-0.05, 0) is 6.07 Å². The number of halogens is 3. The standard InChI is InChI=1S/C8H8F3N3O2/c1-16-6(15)5-2-3-12-7(14-5)13-4-8(9,10)11/h2-3H,4H2,1H3,(H,12,13,14). The zero-order valence-corrected chi connectivity index (χ0v) is 8.21. The van der Waals surface area contributed by atoms with E-state index in [2.05, 4.69) is 14.7 Å². The lowest BCUT2D eigenvalue weighted by Crippen LogP contribution is -2.22. The van der Waals surface area contributed by atoms with Crippen LogP contribution in [0.25, 0.3) is 0 Å². The Morgan fingerprint density at radius 3 is 2.81 bits per heavy atom. The molecule has 1 heterocycles. The van der Waals surface area contributed by atoms with Crippen LogP contribution in [0.3, 0.4) is 0 Å². The first-order valence-corrected chi connectivity index (χ1v) is 4.14. The quantitative estimate of drug-likeness (QED) is 0.798. The van der Waals surface area contributed by atoms with Crippen molar-refractivity contribution in [3.63, 3.8) is 0 Å². The zero-order chi connectivity index (χ0) is 12.2. The third-order valence-corrected chi connectivity index (χ3v) is 1.50. The molecule has 0 saturated carbocycles. The minimum atomic E-state index is -4.37. The minimum Gasteiger partial charge on any atom is -0.464 e. The average molecular weight is 235 g/mol. The molecule has 1 N–H and O–H groups in total. The van der Waals surface area contributed by atoms with Crippen molar-refractivity contribution >= 4 is 11.9 Å². The van der Waals surface area contributed by atoms with Crippen LogP contribution in [0, 0.1) is 0 Å². The molecule has 1 aromatic heterocycles. The van der Waals surface area contributed by atoms with E-state index < -0.39 is 18.7 Å². The van der Waals surface area contributed by atoms with Gasteiger partial charge in [0.1, 0.15) is 6.54 Å². The van der Waals surface area contributed by atoms with Gasteiger partial charge in [0.05, 0.1) is 7.11 Å². The first-order valence-electron chi connectivity index (χ1n) is 4.14. The van der Waals surface area contributed by atoms with Crippen LogP contribution in [0.1, 0.15) is 10.5 Å². The van der Waals surface area contributed by atoms with E-state index in [1.807, 2.05) is 5.32 Å². The van der Waals surface area contributed by atoms with Crippen LogP contribution in [0.2, 0.25) is 0 Å². The number of hydrogen-bond donors (Lipinski definition) is 1. The van der Waals surface area contributed by atoms with Gasteiger partial charge in [-0.15, -0.1) is 0 Å². The molecule has 0 saturated heterocycles. The number of carbonyl (C=O) groups excluding carboxylic acids is 1. The normalized spacial score (nSPS) is 11.0. The van der Waals surface area contributed by atoms with Crippen LogP contribution in [-0.4, -0.2) is 35.8 Å². The van der Waals surface area contributed by atoms with E-state index in [-0.39, 0.29) is 11.6 Å². The van der Waals surface area contributed by atoms with E-state index in [0.29, 0.717) is 0 Å². The Labute approximate surface area is 88.7 Å². The summed E-state index contributed by atoms with van der Waals surface area (Å²) in [7, 11) is 1.15. The maximum Gasteiger partial charge on any atom is 0.405 e. The van der Waals surface area contributed by atoms with Gasteiger partial charge in [0, 0.05) is 6.20 Å². The van der Waals surface area contributed by atoms with Crippen molar-refractivity contribution in [2.45, 2.75) is 6.18 Å². The van der Waals surface area contributed by atoms with Crippen molar-refractivity contribution in [3.05, 3.63) is 18.0 Å². The van der Waals surface area contributed by atoms with E-state index in [1.165, 1.54) is 6.07 Å². The van der Waals surface area contributed by atoms with Crippen LogP contribution in [-0.2, 0) is 4.74 Å². The molecule has 88 valence electrons. The van der Waals surface area contributed by atoms with Crippen LogP contribution in [0.15, 0.2) is 12.3 Å². The summed E-state index contributed by atoms with van der Waals surface area (Å²) < 4.78 is 39.9. The predicted molar refractivity (Wildman–Crippen MR) is 47.9 cm³/mol. The fourth-order valence-electron chi connectivity index (χ4n) is 0.841. The Balaban J connectivity index is 2.71. The molecule has 0 radical (unpaired) electrons. The maximum absolute atomic E-state index is 11.9. The number of carbonyl (C=O) groups is 1. The highest BCUT2D eigenvalue weighted by Gasteiger charge is 2.27. The first-order chi connectivity index (χ1) is 7.42. The highest BCUT2D eigenvalue weighted by atomic mass is 19.4. The molecule has 0 amide bonds. The molecule has 0 spiro atoms. The molecule has 8 heteroatoms. The van der Waals surface area contributed by atoms with E-state index in [1.54, 1.807) is 0 Å². The summed E-state index contributed by atoms with van der Waals surface area (Å²) in [4.78, 5) is 18.1. The Kier molecular flexibility index (Phi) is 3.64. The molecule has 1 aromatic rings. The van der Waals surface area contributed by atoms with Crippen molar-refractivity contribution in [1.29, 1.82) is 0 Å². The van der Waals surface area contributed by atoms with Crippen LogP contribution >= 0.6 is 0 Å². The van der Waals surface area contributed by atoms with E-state index >= 15 is 0 Å². The van der Waals surface area contributed by atoms with E-state index in [9.17, 15) is 18.0 Å².